The van der Waals surface area contributed by atoms with Crippen LogP contribution in [0.1, 0.15) is 82.3 Å². The van der Waals surface area contributed by atoms with Gasteiger partial charge in [0.2, 0.25) is 0 Å². The highest BCUT2D eigenvalue weighted by Gasteiger charge is 2.51. The van der Waals surface area contributed by atoms with Gasteiger partial charge in [0.25, 0.3) is 0 Å². The Bertz CT molecular complexity index is 1410. The SMILES string of the molecule is CCCCCCCC1COC(C2CCC(C(F)(F)Oc3cc(F)c(C(F)(F)Oc4cc(F)c(C(F)(F)OC(F)(F)F)c(F)c4)c(F)c3)CC2)OC1. The standard InChI is InChI=1S/C33H35F13O5/c1-2-3-4-5-6-7-18-16-47-29(48-17-18)19-8-10-20(11-9-19)30(38,39)49-21-12-23(34)27(24(35)13-21)31(40,41)50-22-14-25(36)28(26(37)15-22)32(42,43)51-33(44,45)46/h12-15,18-20,29H,2-11,16-17H2,1H3. The van der Waals surface area contributed by atoms with Gasteiger partial charge in [-0.1, -0.05) is 39.0 Å². The van der Waals surface area contributed by atoms with E-state index in [0.29, 0.717) is 13.2 Å². The molecule has 0 unspecified atom stereocenters. The van der Waals surface area contributed by atoms with E-state index in [1.54, 1.807) is 0 Å². The lowest BCUT2D eigenvalue weighted by Gasteiger charge is -2.39. The van der Waals surface area contributed by atoms with Crippen LogP contribution in [0.15, 0.2) is 24.3 Å². The molecule has 5 nitrogen and oxygen atoms in total. The predicted octanol–water partition coefficient (Wildman–Crippen LogP) is 11.1. The molecular formula is C33H35F13O5. The summed E-state index contributed by atoms with van der Waals surface area (Å²) in [7, 11) is 0. The van der Waals surface area contributed by atoms with Crippen LogP contribution in [0.5, 0.6) is 11.5 Å². The van der Waals surface area contributed by atoms with Crippen LogP contribution >= 0.6 is 0 Å². The number of ether oxygens (including phenoxy) is 5. The number of hydrogen-bond donors (Lipinski definition) is 0. The van der Waals surface area contributed by atoms with Crippen LogP contribution in [0.2, 0.25) is 0 Å². The molecule has 0 N–H and O–H groups in total. The third kappa shape index (κ3) is 10.8. The first-order valence-electron chi connectivity index (χ1n) is 16.2. The largest absolute Gasteiger partial charge is 0.527 e. The van der Waals surface area contributed by atoms with E-state index in [1.165, 1.54) is 12.8 Å². The molecule has 288 valence electrons. The molecule has 2 aliphatic rings. The van der Waals surface area contributed by atoms with Crippen LogP contribution < -0.4 is 9.47 Å². The fourth-order valence-corrected chi connectivity index (χ4v) is 6.17. The van der Waals surface area contributed by atoms with Crippen molar-refractivity contribution in [3.63, 3.8) is 0 Å². The van der Waals surface area contributed by atoms with Crippen molar-refractivity contribution in [2.75, 3.05) is 13.2 Å². The molecule has 51 heavy (non-hydrogen) atoms. The van der Waals surface area contributed by atoms with Crippen molar-refractivity contribution in [2.24, 2.45) is 17.8 Å². The molecule has 1 saturated heterocycles. The van der Waals surface area contributed by atoms with Gasteiger partial charge in [0.1, 0.15) is 45.9 Å². The Balaban J connectivity index is 1.35. The second kappa shape index (κ2) is 16.4. The molecule has 0 radical (unpaired) electrons. The summed E-state index contributed by atoms with van der Waals surface area (Å²) in [6, 6.07) is -0.860. The average molecular weight is 759 g/mol. The van der Waals surface area contributed by atoms with E-state index in [0.717, 1.165) is 25.7 Å². The van der Waals surface area contributed by atoms with Gasteiger partial charge in [-0.3, -0.25) is 0 Å². The number of hydrogen-bond acceptors (Lipinski definition) is 5. The summed E-state index contributed by atoms with van der Waals surface area (Å²) in [5.41, 5.74) is -4.88. The molecule has 0 aromatic heterocycles. The molecule has 2 aromatic carbocycles. The number of rotatable bonds is 15. The number of benzene rings is 2. The molecule has 1 heterocycles. The van der Waals surface area contributed by atoms with Crippen molar-refractivity contribution in [2.45, 2.75) is 102 Å². The molecule has 1 aliphatic carbocycles. The first-order chi connectivity index (χ1) is 23.7. The zero-order valence-corrected chi connectivity index (χ0v) is 27.1. The van der Waals surface area contributed by atoms with E-state index in [9.17, 15) is 48.3 Å². The smallest absolute Gasteiger partial charge is 0.432 e. The van der Waals surface area contributed by atoms with Gasteiger partial charge in [-0.25, -0.2) is 22.3 Å². The maximum Gasteiger partial charge on any atom is 0.527 e. The van der Waals surface area contributed by atoms with Gasteiger partial charge in [0, 0.05) is 36.1 Å². The van der Waals surface area contributed by atoms with E-state index in [2.05, 4.69) is 21.1 Å². The highest BCUT2D eigenvalue weighted by Crippen LogP contribution is 2.45. The zero-order valence-electron chi connectivity index (χ0n) is 27.1. The Morgan fingerprint density at radius 1 is 0.627 bits per heavy atom. The normalized spacial score (nSPS) is 22.2. The lowest BCUT2D eigenvalue weighted by molar-refractivity contribution is -0.432. The van der Waals surface area contributed by atoms with Gasteiger partial charge >= 0.3 is 24.7 Å². The molecular weight excluding hydrogens is 723 g/mol. The van der Waals surface area contributed by atoms with Gasteiger partial charge in [-0.15, -0.1) is 13.2 Å². The van der Waals surface area contributed by atoms with Gasteiger partial charge in [0.15, 0.2) is 6.29 Å². The average Bonchev–Trinajstić information content (AvgIpc) is 2.98. The lowest BCUT2D eigenvalue weighted by atomic mass is 9.80. The van der Waals surface area contributed by atoms with E-state index in [1.807, 2.05) is 0 Å². The Morgan fingerprint density at radius 2 is 1.10 bits per heavy atom. The molecule has 18 heteroatoms. The molecule has 4 rings (SSSR count). The highest BCUT2D eigenvalue weighted by atomic mass is 19.4. The third-order valence-corrected chi connectivity index (χ3v) is 8.70. The van der Waals surface area contributed by atoms with Gasteiger partial charge in [0.05, 0.1) is 19.1 Å². The van der Waals surface area contributed by atoms with Crippen molar-refractivity contribution in [1.29, 1.82) is 0 Å². The van der Waals surface area contributed by atoms with Crippen molar-refractivity contribution < 1.29 is 80.8 Å². The maximum atomic E-state index is 15.1. The predicted molar refractivity (Wildman–Crippen MR) is 152 cm³/mol. The minimum atomic E-state index is -6.07. The Labute approximate surface area is 284 Å². The van der Waals surface area contributed by atoms with Crippen molar-refractivity contribution in [1.82, 2.24) is 0 Å². The van der Waals surface area contributed by atoms with Crippen LogP contribution in [0.4, 0.5) is 57.1 Å². The van der Waals surface area contributed by atoms with Crippen LogP contribution in [0, 0.1) is 41.0 Å². The molecule has 1 aliphatic heterocycles. The van der Waals surface area contributed by atoms with Crippen LogP contribution in [0.3, 0.4) is 0 Å². The monoisotopic (exact) mass is 758 g/mol. The molecule has 2 fully saturated rings. The molecule has 2 aromatic rings. The van der Waals surface area contributed by atoms with Crippen LogP contribution in [0.25, 0.3) is 0 Å². The van der Waals surface area contributed by atoms with Crippen LogP contribution in [-0.4, -0.2) is 32.0 Å². The number of alkyl halides is 9. The van der Waals surface area contributed by atoms with Crippen molar-refractivity contribution >= 4 is 0 Å². The summed E-state index contributed by atoms with van der Waals surface area (Å²) in [4.78, 5) is 0. The molecule has 0 amide bonds. The molecule has 1 saturated carbocycles. The van der Waals surface area contributed by atoms with Gasteiger partial charge in [-0.2, -0.15) is 26.3 Å². The molecule has 0 bridgehead atoms. The second-order valence-corrected chi connectivity index (χ2v) is 12.6. The van der Waals surface area contributed by atoms with E-state index >= 15 is 8.78 Å². The Kier molecular flexibility index (Phi) is 13.1. The van der Waals surface area contributed by atoms with Crippen molar-refractivity contribution in [3.8, 4) is 11.5 Å². The first-order valence-corrected chi connectivity index (χ1v) is 16.2. The fraction of sp³-hybridized carbons (Fsp3) is 0.636. The quantitative estimate of drug-likeness (QED) is 0.134. The summed E-state index contributed by atoms with van der Waals surface area (Å²) in [6.07, 6.45) is -14.5. The summed E-state index contributed by atoms with van der Waals surface area (Å²) in [5.74, 6) is -13.7. The van der Waals surface area contributed by atoms with E-state index < -0.39 is 94.9 Å². The molecule has 0 atom stereocenters. The first kappa shape index (κ1) is 40.8. The topological polar surface area (TPSA) is 46.2 Å². The lowest BCUT2D eigenvalue weighted by Crippen LogP contribution is -2.42. The summed E-state index contributed by atoms with van der Waals surface area (Å²) in [6.45, 7) is 3.12. The highest BCUT2D eigenvalue weighted by molar-refractivity contribution is 5.36. The Morgan fingerprint density at radius 3 is 1.59 bits per heavy atom. The third-order valence-electron chi connectivity index (χ3n) is 8.70. The van der Waals surface area contributed by atoms with E-state index in [4.69, 9.17) is 9.47 Å². The minimum Gasteiger partial charge on any atom is -0.432 e. The maximum absolute atomic E-state index is 15.1. The van der Waals surface area contributed by atoms with Gasteiger partial charge in [-0.05, 0) is 32.1 Å². The summed E-state index contributed by atoms with van der Waals surface area (Å²) in [5, 5.41) is 0. The van der Waals surface area contributed by atoms with Crippen LogP contribution in [-0.2, 0) is 26.4 Å². The van der Waals surface area contributed by atoms with E-state index in [-0.39, 0.29) is 49.7 Å². The number of halogens is 13. The summed E-state index contributed by atoms with van der Waals surface area (Å²) < 4.78 is 204. The fourth-order valence-electron chi connectivity index (χ4n) is 6.17. The van der Waals surface area contributed by atoms with Crippen molar-refractivity contribution in [3.05, 3.63) is 58.7 Å². The minimum absolute atomic E-state index is 0.0154. The number of unbranched alkanes of at least 4 members (excludes halogenated alkanes) is 4. The zero-order chi connectivity index (χ0) is 37.8. The van der Waals surface area contributed by atoms with Gasteiger partial charge < -0.3 is 18.9 Å². The summed E-state index contributed by atoms with van der Waals surface area (Å²) >= 11 is 0. The molecule has 0 spiro atoms. The second-order valence-electron chi connectivity index (χ2n) is 12.6. The Hall–Kier alpha value is -2.99.